The molecular formula is C17H26Cl2IN3O2. The summed E-state index contributed by atoms with van der Waals surface area (Å²) in [6.45, 7) is 5.41. The number of methoxy groups -OCH3 is 1. The van der Waals surface area contributed by atoms with E-state index in [2.05, 4.69) is 20.4 Å². The van der Waals surface area contributed by atoms with E-state index in [1.807, 2.05) is 26.0 Å². The van der Waals surface area contributed by atoms with Crippen molar-refractivity contribution in [3.63, 3.8) is 0 Å². The van der Waals surface area contributed by atoms with Crippen LogP contribution in [-0.4, -0.2) is 32.1 Å². The number of aliphatic imine (C=N–C) groups is 1. The average molecular weight is 502 g/mol. The standard InChI is InChI=1S/C17H25Cl2N3O2.HI/c1-4-20-17(21-10-6-5-7-16(23)24-3)22-12(2)14-9-8-13(18)11-15(14)19;/h8-9,11-12H,4-7,10H2,1-3H3,(H2,20,21,22);1H. The van der Waals surface area contributed by atoms with Gasteiger partial charge in [0.2, 0.25) is 0 Å². The zero-order valence-electron chi connectivity index (χ0n) is 14.8. The van der Waals surface area contributed by atoms with Crippen molar-refractivity contribution in [2.24, 2.45) is 4.99 Å². The van der Waals surface area contributed by atoms with E-state index in [0.717, 1.165) is 24.9 Å². The molecule has 0 bridgehead atoms. The molecule has 142 valence electrons. The van der Waals surface area contributed by atoms with E-state index in [4.69, 9.17) is 23.2 Å². The van der Waals surface area contributed by atoms with Gasteiger partial charge in [0.15, 0.2) is 5.96 Å². The minimum absolute atomic E-state index is 0. The third kappa shape index (κ3) is 9.51. The Morgan fingerprint density at radius 2 is 2.04 bits per heavy atom. The smallest absolute Gasteiger partial charge is 0.305 e. The number of nitrogens with zero attached hydrogens (tertiary/aromatic N) is 1. The maximum atomic E-state index is 11.1. The van der Waals surface area contributed by atoms with Gasteiger partial charge < -0.3 is 15.4 Å². The summed E-state index contributed by atoms with van der Waals surface area (Å²) in [4.78, 5) is 15.6. The number of esters is 1. The van der Waals surface area contributed by atoms with Gasteiger partial charge in [-0.2, -0.15) is 0 Å². The fourth-order valence-electron chi connectivity index (χ4n) is 2.13. The highest BCUT2D eigenvalue weighted by Gasteiger charge is 2.11. The first-order chi connectivity index (χ1) is 11.5. The molecule has 1 atom stereocenters. The van der Waals surface area contributed by atoms with E-state index in [9.17, 15) is 4.79 Å². The van der Waals surface area contributed by atoms with Crippen LogP contribution in [0.4, 0.5) is 0 Å². The van der Waals surface area contributed by atoms with Crippen LogP contribution in [0.5, 0.6) is 0 Å². The van der Waals surface area contributed by atoms with Crippen molar-refractivity contribution in [1.82, 2.24) is 10.6 Å². The monoisotopic (exact) mass is 501 g/mol. The third-order valence-corrected chi connectivity index (χ3v) is 3.98. The summed E-state index contributed by atoms with van der Waals surface area (Å²) in [5.74, 6) is 0.532. The van der Waals surface area contributed by atoms with Crippen LogP contribution in [0.2, 0.25) is 10.0 Å². The third-order valence-electron chi connectivity index (χ3n) is 3.41. The van der Waals surface area contributed by atoms with Gasteiger partial charge in [0.05, 0.1) is 13.2 Å². The molecule has 0 fully saturated rings. The average Bonchev–Trinajstić information content (AvgIpc) is 2.54. The van der Waals surface area contributed by atoms with Gasteiger partial charge in [0.25, 0.3) is 0 Å². The first kappa shape index (κ1) is 24.3. The van der Waals surface area contributed by atoms with E-state index in [1.165, 1.54) is 7.11 Å². The summed E-state index contributed by atoms with van der Waals surface area (Å²) in [7, 11) is 1.40. The predicted octanol–water partition coefficient (Wildman–Crippen LogP) is 4.57. The number of guanidine groups is 1. The SMILES string of the molecule is CCNC(=NCCCCC(=O)OC)NC(C)c1ccc(Cl)cc1Cl.I. The second-order valence-electron chi connectivity index (χ2n) is 5.33. The Hall–Kier alpha value is -0.730. The van der Waals surface area contributed by atoms with E-state index in [1.54, 1.807) is 6.07 Å². The zero-order chi connectivity index (χ0) is 17.9. The highest BCUT2D eigenvalue weighted by Crippen LogP contribution is 2.25. The van der Waals surface area contributed by atoms with Crippen molar-refractivity contribution in [2.75, 3.05) is 20.2 Å². The molecule has 1 unspecified atom stereocenters. The topological polar surface area (TPSA) is 62.7 Å². The van der Waals surface area contributed by atoms with Crippen molar-refractivity contribution in [3.05, 3.63) is 33.8 Å². The molecular weight excluding hydrogens is 476 g/mol. The summed E-state index contributed by atoms with van der Waals surface area (Å²) >= 11 is 12.2. The number of hydrogen-bond donors (Lipinski definition) is 2. The molecule has 0 saturated carbocycles. The molecule has 0 aliphatic heterocycles. The molecule has 0 heterocycles. The van der Waals surface area contributed by atoms with Crippen LogP contribution in [0.3, 0.4) is 0 Å². The van der Waals surface area contributed by atoms with Crippen molar-refractivity contribution in [3.8, 4) is 0 Å². The van der Waals surface area contributed by atoms with E-state index in [-0.39, 0.29) is 36.0 Å². The van der Waals surface area contributed by atoms with Crippen LogP contribution in [0, 0.1) is 0 Å². The van der Waals surface area contributed by atoms with Gasteiger partial charge in [-0.05, 0) is 44.4 Å². The van der Waals surface area contributed by atoms with Crippen LogP contribution in [-0.2, 0) is 9.53 Å². The zero-order valence-corrected chi connectivity index (χ0v) is 18.6. The number of ether oxygens (including phenoxy) is 1. The molecule has 5 nitrogen and oxygen atoms in total. The summed E-state index contributed by atoms with van der Waals surface area (Å²) in [6, 6.07) is 5.44. The Balaban J connectivity index is 0.00000576. The quantitative estimate of drug-likeness (QED) is 0.180. The molecule has 0 radical (unpaired) electrons. The summed E-state index contributed by atoms with van der Waals surface area (Å²) < 4.78 is 4.62. The van der Waals surface area contributed by atoms with Gasteiger partial charge in [-0.1, -0.05) is 29.3 Å². The second-order valence-corrected chi connectivity index (χ2v) is 6.17. The maximum absolute atomic E-state index is 11.1. The molecule has 8 heteroatoms. The Kier molecular flexibility index (Phi) is 13.1. The molecule has 1 aromatic rings. The van der Waals surface area contributed by atoms with Crippen molar-refractivity contribution >= 4 is 59.1 Å². The lowest BCUT2D eigenvalue weighted by Crippen LogP contribution is -2.38. The fourth-order valence-corrected chi connectivity index (χ4v) is 2.70. The van der Waals surface area contributed by atoms with Crippen LogP contribution < -0.4 is 10.6 Å². The Morgan fingerprint density at radius 1 is 1.32 bits per heavy atom. The Labute approximate surface area is 176 Å². The van der Waals surface area contributed by atoms with Gasteiger partial charge in [-0.15, -0.1) is 24.0 Å². The molecule has 1 rings (SSSR count). The first-order valence-corrected chi connectivity index (χ1v) is 8.80. The number of hydrogen-bond acceptors (Lipinski definition) is 3. The first-order valence-electron chi connectivity index (χ1n) is 8.04. The fraction of sp³-hybridized carbons (Fsp3) is 0.529. The molecule has 1 aromatic carbocycles. The summed E-state index contributed by atoms with van der Waals surface area (Å²) in [5.41, 5.74) is 0.956. The Bertz CT molecular complexity index is 571. The van der Waals surface area contributed by atoms with Crippen molar-refractivity contribution < 1.29 is 9.53 Å². The number of unbranched alkanes of at least 4 members (excludes halogenated alkanes) is 1. The molecule has 2 N–H and O–H groups in total. The minimum atomic E-state index is -0.185. The number of nitrogens with one attached hydrogen (secondary N) is 2. The molecule has 0 spiro atoms. The van der Waals surface area contributed by atoms with E-state index < -0.39 is 0 Å². The van der Waals surface area contributed by atoms with Gasteiger partial charge in [0.1, 0.15) is 0 Å². The van der Waals surface area contributed by atoms with Crippen molar-refractivity contribution in [1.29, 1.82) is 0 Å². The van der Waals surface area contributed by atoms with E-state index >= 15 is 0 Å². The summed E-state index contributed by atoms with van der Waals surface area (Å²) in [6.07, 6.45) is 2.00. The van der Waals surface area contributed by atoms with E-state index in [0.29, 0.717) is 29.0 Å². The van der Waals surface area contributed by atoms with Gasteiger partial charge in [0, 0.05) is 29.6 Å². The highest BCUT2D eigenvalue weighted by molar-refractivity contribution is 14.0. The predicted molar refractivity (Wildman–Crippen MR) is 115 cm³/mol. The maximum Gasteiger partial charge on any atom is 0.305 e. The summed E-state index contributed by atoms with van der Waals surface area (Å²) in [5, 5.41) is 7.76. The lowest BCUT2D eigenvalue weighted by atomic mass is 10.1. The lowest BCUT2D eigenvalue weighted by molar-refractivity contribution is -0.140. The van der Waals surface area contributed by atoms with Crippen LogP contribution in [0.25, 0.3) is 0 Å². The largest absolute Gasteiger partial charge is 0.469 e. The highest BCUT2D eigenvalue weighted by atomic mass is 127. The number of carbonyl (C=O) groups is 1. The Morgan fingerprint density at radius 3 is 2.64 bits per heavy atom. The van der Waals surface area contributed by atoms with Gasteiger partial charge in [-0.25, -0.2) is 0 Å². The molecule has 0 aromatic heterocycles. The van der Waals surface area contributed by atoms with Crippen LogP contribution in [0.15, 0.2) is 23.2 Å². The number of rotatable bonds is 8. The van der Waals surface area contributed by atoms with Gasteiger partial charge in [-0.3, -0.25) is 9.79 Å². The van der Waals surface area contributed by atoms with Crippen LogP contribution >= 0.6 is 47.2 Å². The molecule has 0 amide bonds. The minimum Gasteiger partial charge on any atom is -0.469 e. The molecule has 0 aliphatic rings. The van der Waals surface area contributed by atoms with Gasteiger partial charge >= 0.3 is 5.97 Å². The normalized spacial score (nSPS) is 12.1. The number of benzene rings is 1. The lowest BCUT2D eigenvalue weighted by Gasteiger charge is -2.19. The second kappa shape index (κ2) is 13.5. The van der Waals surface area contributed by atoms with Crippen molar-refractivity contribution in [2.45, 2.75) is 39.2 Å². The molecule has 0 saturated heterocycles. The molecule has 25 heavy (non-hydrogen) atoms. The van der Waals surface area contributed by atoms with Crippen LogP contribution in [0.1, 0.15) is 44.7 Å². The number of halogens is 3. The number of carbonyl (C=O) groups excluding carboxylic acids is 1. The molecule has 0 aliphatic carbocycles.